The second-order valence-corrected chi connectivity index (χ2v) is 6.07. The van der Waals surface area contributed by atoms with Crippen LogP contribution >= 0.6 is 0 Å². The van der Waals surface area contributed by atoms with E-state index in [0.29, 0.717) is 24.7 Å². The summed E-state index contributed by atoms with van der Waals surface area (Å²) in [5, 5.41) is 0. The smallest absolute Gasteiger partial charge is 0.338 e. The molecule has 2 rings (SSSR count). The SMILES string of the molecule is [B][C@H]1CN(C(C)C)C[C@@](C)(COC(=O)c2ccccc2)O1. The molecule has 1 saturated heterocycles. The molecule has 2 atom stereocenters. The average Bonchev–Trinajstić information content (AvgIpc) is 2.45. The van der Waals surface area contributed by atoms with Gasteiger partial charge in [0.05, 0.1) is 5.56 Å². The van der Waals surface area contributed by atoms with Crippen molar-refractivity contribution < 1.29 is 14.3 Å². The lowest BCUT2D eigenvalue weighted by Gasteiger charge is -2.45. The zero-order valence-corrected chi connectivity index (χ0v) is 12.9. The Hall–Kier alpha value is -1.33. The molecular formula is C16H22BNO3. The first kappa shape index (κ1) is 16.1. The van der Waals surface area contributed by atoms with Gasteiger partial charge in [-0.2, -0.15) is 0 Å². The first-order valence-corrected chi connectivity index (χ1v) is 7.29. The van der Waals surface area contributed by atoms with E-state index >= 15 is 0 Å². The van der Waals surface area contributed by atoms with Gasteiger partial charge in [-0.15, -0.1) is 0 Å². The third kappa shape index (κ3) is 4.32. The maximum Gasteiger partial charge on any atom is 0.338 e. The standard InChI is InChI=1S/C16H22BNO3/c1-12(2)18-9-14(17)21-16(3,10-18)11-20-15(19)13-7-5-4-6-8-13/h4-8,12,14H,9-11H2,1-3H3/t14-,16+/m1/s1. The lowest BCUT2D eigenvalue weighted by atomic mass is 9.93. The molecule has 0 spiro atoms. The van der Waals surface area contributed by atoms with E-state index in [-0.39, 0.29) is 18.6 Å². The van der Waals surface area contributed by atoms with Crippen molar-refractivity contribution in [2.45, 2.75) is 38.4 Å². The van der Waals surface area contributed by atoms with Crippen LogP contribution in [-0.4, -0.2) is 56.1 Å². The molecule has 0 bridgehead atoms. The molecular weight excluding hydrogens is 265 g/mol. The van der Waals surface area contributed by atoms with Crippen LogP contribution in [0.3, 0.4) is 0 Å². The predicted octanol–water partition coefficient (Wildman–Crippen LogP) is 1.84. The van der Waals surface area contributed by atoms with Crippen molar-refractivity contribution in [3.8, 4) is 0 Å². The third-order valence-corrected chi connectivity index (χ3v) is 3.64. The fourth-order valence-corrected chi connectivity index (χ4v) is 2.51. The minimum Gasteiger partial charge on any atom is -0.459 e. The molecule has 0 aliphatic carbocycles. The molecule has 4 nitrogen and oxygen atoms in total. The molecule has 1 heterocycles. The summed E-state index contributed by atoms with van der Waals surface area (Å²) in [5.41, 5.74) is -0.0336. The highest BCUT2D eigenvalue weighted by atomic mass is 16.6. The Morgan fingerprint density at radius 1 is 1.48 bits per heavy atom. The molecule has 1 aromatic carbocycles. The summed E-state index contributed by atoms with van der Waals surface area (Å²) in [6.07, 6.45) is 0. The zero-order valence-electron chi connectivity index (χ0n) is 12.9. The van der Waals surface area contributed by atoms with Gasteiger partial charge in [0.2, 0.25) is 0 Å². The number of carbonyl (C=O) groups excluding carboxylic acids is 1. The van der Waals surface area contributed by atoms with Gasteiger partial charge in [-0.1, -0.05) is 18.2 Å². The fraction of sp³-hybridized carbons (Fsp3) is 0.562. The van der Waals surface area contributed by atoms with Crippen LogP contribution in [0.5, 0.6) is 0 Å². The third-order valence-electron chi connectivity index (χ3n) is 3.64. The summed E-state index contributed by atoms with van der Waals surface area (Å²) in [7, 11) is 5.95. The molecule has 21 heavy (non-hydrogen) atoms. The lowest BCUT2D eigenvalue weighted by molar-refractivity contribution is -0.144. The number of ether oxygens (including phenoxy) is 2. The van der Waals surface area contributed by atoms with Crippen molar-refractivity contribution in [3.05, 3.63) is 35.9 Å². The molecule has 1 aliphatic heterocycles. The number of benzene rings is 1. The summed E-state index contributed by atoms with van der Waals surface area (Å²) in [4.78, 5) is 14.2. The van der Waals surface area contributed by atoms with E-state index in [1.165, 1.54) is 0 Å². The average molecular weight is 287 g/mol. The molecule has 0 saturated carbocycles. The van der Waals surface area contributed by atoms with Crippen molar-refractivity contribution >= 4 is 13.8 Å². The monoisotopic (exact) mass is 287 g/mol. The van der Waals surface area contributed by atoms with E-state index in [1.807, 2.05) is 25.1 Å². The molecule has 5 heteroatoms. The maximum atomic E-state index is 12.0. The van der Waals surface area contributed by atoms with Crippen LogP contribution in [0.25, 0.3) is 0 Å². The quantitative estimate of drug-likeness (QED) is 0.625. The molecule has 1 aliphatic rings. The second-order valence-electron chi connectivity index (χ2n) is 6.07. The lowest BCUT2D eigenvalue weighted by Crippen LogP contribution is -2.58. The van der Waals surface area contributed by atoms with Gasteiger partial charge in [0.15, 0.2) is 0 Å². The number of esters is 1. The van der Waals surface area contributed by atoms with Gasteiger partial charge in [0, 0.05) is 25.1 Å². The largest absolute Gasteiger partial charge is 0.459 e. The Morgan fingerprint density at radius 2 is 2.14 bits per heavy atom. The highest BCUT2D eigenvalue weighted by Crippen LogP contribution is 2.23. The number of hydrogen-bond donors (Lipinski definition) is 0. The Balaban J connectivity index is 1.96. The number of hydrogen-bond acceptors (Lipinski definition) is 4. The normalized spacial score (nSPS) is 26.8. The highest BCUT2D eigenvalue weighted by Gasteiger charge is 2.37. The van der Waals surface area contributed by atoms with Crippen molar-refractivity contribution in [3.63, 3.8) is 0 Å². The number of rotatable bonds is 4. The molecule has 0 N–H and O–H groups in total. The van der Waals surface area contributed by atoms with Gasteiger partial charge >= 0.3 is 5.97 Å². The van der Waals surface area contributed by atoms with Crippen LogP contribution in [0.2, 0.25) is 0 Å². The van der Waals surface area contributed by atoms with Crippen LogP contribution in [0.1, 0.15) is 31.1 Å². The maximum absolute atomic E-state index is 12.0. The first-order valence-electron chi connectivity index (χ1n) is 7.29. The van der Waals surface area contributed by atoms with Crippen molar-refractivity contribution in [1.29, 1.82) is 0 Å². The van der Waals surface area contributed by atoms with Crippen LogP contribution in [-0.2, 0) is 9.47 Å². The van der Waals surface area contributed by atoms with Gasteiger partial charge in [-0.25, -0.2) is 4.79 Å². The van der Waals surface area contributed by atoms with Crippen LogP contribution in [0.15, 0.2) is 30.3 Å². The molecule has 0 unspecified atom stereocenters. The fourth-order valence-electron chi connectivity index (χ4n) is 2.51. The second kappa shape index (κ2) is 6.63. The van der Waals surface area contributed by atoms with E-state index < -0.39 is 5.60 Å². The van der Waals surface area contributed by atoms with E-state index in [0.717, 1.165) is 0 Å². The van der Waals surface area contributed by atoms with E-state index in [2.05, 4.69) is 18.7 Å². The zero-order chi connectivity index (χ0) is 15.5. The van der Waals surface area contributed by atoms with Crippen molar-refractivity contribution in [2.24, 2.45) is 0 Å². The van der Waals surface area contributed by atoms with Crippen LogP contribution in [0, 0.1) is 0 Å². The summed E-state index contributed by atoms with van der Waals surface area (Å²) in [5.74, 6) is -0.337. The number of nitrogens with zero attached hydrogens (tertiary/aromatic N) is 1. The molecule has 0 amide bonds. The highest BCUT2D eigenvalue weighted by molar-refractivity contribution is 6.11. The Bertz CT molecular complexity index is 480. The Kier molecular flexibility index (Phi) is 5.06. The predicted molar refractivity (Wildman–Crippen MR) is 82.5 cm³/mol. The Morgan fingerprint density at radius 3 is 2.76 bits per heavy atom. The van der Waals surface area contributed by atoms with E-state index in [4.69, 9.17) is 17.3 Å². The Labute approximate surface area is 127 Å². The number of carbonyl (C=O) groups is 1. The van der Waals surface area contributed by atoms with Gasteiger partial charge in [-0.05, 0) is 32.9 Å². The summed E-state index contributed by atoms with van der Waals surface area (Å²) in [6, 6.07) is 8.97. The van der Waals surface area contributed by atoms with Gasteiger partial charge in [0.1, 0.15) is 20.1 Å². The van der Waals surface area contributed by atoms with E-state index in [9.17, 15) is 4.79 Å². The van der Waals surface area contributed by atoms with Gasteiger partial charge in [-0.3, -0.25) is 4.90 Å². The molecule has 1 fully saturated rings. The van der Waals surface area contributed by atoms with Gasteiger partial charge < -0.3 is 9.47 Å². The summed E-state index contributed by atoms with van der Waals surface area (Å²) < 4.78 is 11.2. The topological polar surface area (TPSA) is 38.8 Å². The minimum absolute atomic E-state index is 0.192. The van der Waals surface area contributed by atoms with E-state index in [1.54, 1.807) is 12.1 Å². The van der Waals surface area contributed by atoms with Crippen LogP contribution in [0.4, 0.5) is 0 Å². The summed E-state index contributed by atoms with van der Waals surface area (Å²) >= 11 is 0. The summed E-state index contributed by atoms with van der Waals surface area (Å²) in [6.45, 7) is 7.75. The molecule has 112 valence electrons. The van der Waals surface area contributed by atoms with Crippen LogP contribution < -0.4 is 0 Å². The molecule has 1 aromatic rings. The van der Waals surface area contributed by atoms with Crippen molar-refractivity contribution in [1.82, 2.24) is 4.90 Å². The minimum atomic E-state index is -0.577. The molecule has 2 radical (unpaired) electrons. The molecule has 0 aromatic heterocycles. The van der Waals surface area contributed by atoms with Gasteiger partial charge in [0.25, 0.3) is 0 Å². The number of morpholine rings is 1. The first-order chi connectivity index (χ1) is 9.89. The van der Waals surface area contributed by atoms with Crippen molar-refractivity contribution in [2.75, 3.05) is 19.7 Å².